The average Bonchev–Trinajstić information content (AvgIpc) is 2.79. The third-order valence-electron chi connectivity index (χ3n) is 4.86. The topological polar surface area (TPSA) is 71.3 Å². The van der Waals surface area contributed by atoms with E-state index in [0.29, 0.717) is 41.0 Å². The van der Waals surface area contributed by atoms with Crippen molar-refractivity contribution in [2.45, 2.75) is 27.4 Å². The summed E-state index contributed by atoms with van der Waals surface area (Å²) in [4.78, 5) is 12.7. The summed E-state index contributed by atoms with van der Waals surface area (Å²) in [6.07, 6.45) is 1.53. The lowest BCUT2D eigenvalue weighted by atomic mass is 10.1. The minimum absolute atomic E-state index is 0.00924. The van der Waals surface area contributed by atoms with Gasteiger partial charge in [-0.2, -0.15) is 5.26 Å². The average molecular weight is 461 g/mol. The quantitative estimate of drug-likeness (QED) is 0.308. The molecule has 3 aromatic carbocycles. The summed E-state index contributed by atoms with van der Waals surface area (Å²) in [5, 5.41) is 13.0. The largest absolute Gasteiger partial charge is 0.490 e. The molecule has 0 atom stereocenters. The van der Waals surface area contributed by atoms with E-state index in [9.17, 15) is 10.1 Å². The van der Waals surface area contributed by atoms with Crippen molar-refractivity contribution in [2.24, 2.45) is 0 Å². The zero-order valence-corrected chi connectivity index (χ0v) is 19.6. The van der Waals surface area contributed by atoms with Crippen LogP contribution in [0.1, 0.15) is 29.2 Å². The van der Waals surface area contributed by atoms with Crippen LogP contribution < -0.4 is 14.8 Å². The van der Waals surface area contributed by atoms with Gasteiger partial charge in [0.1, 0.15) is 18.2 Å². The van der Waals surface area contributed by atoms with Crippen LogP contribution in [0.4, 0.5) is 5.69 Å². The maximum Gasteiger partial charge on any atom is 0.266 e. The zero-order chi connectivity index (χ0) is 23.8. The molecule has 3 rings (SSSR count). The van der Waals surface area contributed by atoms with E-state index < -0.39 is 5.91 Å². The Hall–Kier alpha value is -3.75. The lowest BCUT2D eigenvalue weighted by Crippen LogP contribution is -2.14. The predicted molar refractivity (Wildman–Crippen MR) is 132 cm³/mol. The van der Waals surface area contributed by atoms with Crippen LogP contribution in [0, 0.1) is 25.2 Å². The van der Waals surface area contributed by atoms with Crippen molar-refractivity contribution >= 4 is 29.3 Å². The van der Waals surface area contributed by atoms with Crippen molar-refractivity contribution in [3.05, 3.63) is 93.5 Å². The van der Waals surface area contributed by atoms with Crippen molar-refractivity contribution in [3.63, 3.8) is 0 Å². The number of amides is 1. The minimum Gasteiger partial charge on any atom is -0.490 e. The highest BCUT2D eigenvalue weighted by Gasteiger charge is 2.13. The first-order chi connectivity index (χ1) is 15.9. The standard InChI is InChI=1S/C27H25ClN2O3/c1-4-32-26-15-20(9-11-25(26)33-17-21-6-5-7-23(28)14-21)13-22(16-29)27(31)30-24-10-8-18(2)12-19(24)3/h5-15H,4,17H2,1-3H3,(H,30,31)/b22-13+. The molecule has 0 aliphatic rings. The number of carbonyl (C=O) groups excluding carboxylic acids is 1. The van der Waals surface area contributed by atoms with Crippen LogP contribution in [0.2, 0.25) is 5.02 Å². The molecule has 0 fully saturated rings. The van der Waals surface area contributed by atoms with Gasteiger partial charge in [-0.05, 0) is 73.9 Å². The molecule has 1 amide bonds. The van der Waals surface area contributed by atoms with Gasteiger partial charge in [-0.25, -0.2) is 0 Å². The van der Waals surface area contributed by atoms with Gasteiger partial charge in [0, 0.05) is 10.7 Å². The molecule has 0 aliphatic heterocycles. The number of anilines is 1. The monoisotopic (exact) mass is 460 g/mol. The summed E-state index contributed by atoms with van der Waals surface area (Å²) in [5.74, 6) is 0.622. The Morgan fingerprint density at radius 3 is 2.58 bits per heavy atom. The molecule has 0 saturated carbocycles. The number of nitrogens with one attached hydrogen (secondary N) is 1. The van der Waals surface area contributed by atoms with E-state index in [2.05, 4.69) is 5.32 Å². The predicted octanol–water partition coefficient (Wildman–Crippen LogP) is 6.48. The molecule has 33 heavy (non-hydrogen) atoms. The van der Waals surface area contributed by atoms with Gasteiger partial charge in [-0.15, -0.1) is 0 Å². The summed E-state index contributed by atoms with van der Waals surface area (Å²) in [6, 6.07) is 20.4. The molecule has 6 heteroatoms. The van der Waals surface area contributed by atoms with E-state index in [1.54, 1.807) is 24.3 Å². The number of carbonyl (C=O) groups is 1. The third kappa shape index (κ3) is 6.61. The van der Waals surface area contributed by atoms with E-state index in [1.165, 1.54) is 6.08 Å². The highest BCUT2D eigenvalue weighted by molar-refractivity contribution is 6.30. The molecule has 0 radical (unpaired) electrons. The molecular weight excluding hydrogens is 436 g/mol. The number of benzene rings is 3. The Bertz CT molecular complexity index is 1230. The molecule has 0 heterocycles. The van der Waals surface area contributed by atoms with Crippen molar-refractivity contribution in [3.8, 4) is 17.6 Å². The molecule has 0 spiro atoms. The van der Waals surface area contributed by atoms with Crippen LogP contribution in [-0.4, -0.2) is 12.5 Å². The summed E-state index contributed by atoms with van der Waals surface area (Å²) >= 11 is 6.04. The van der Waals surface area contributed by atoms with Crippen LogP contribution in [0.5, 0.6) is 11.5 Å². The van der Waals surface area contributed by atoms with Crippen molar-refractivity contribution in [1.29, 1.82) is 5.26 Å². The van der Waals surface area contributed by atoms with E-state index in [4.69, 9.17) is 21.1 Å². The number of hydrogen-bond donors (Lipinski definition) is 1. The fourth-order valence-corrected chi connectivity index (χ4v) is 3.46. The van der Waals surface area contributed by atoms with Gasteiger partial charge in [0.2, 0.25) is 0 Å². The lowest BCUT2D eigenvalue weighted by Gasteiger charge is -2.13. The molecule has 0 saturated heterocycles. The molecule has 5 nitrogen and oxygen atoms in total. The van der Waals surface area contributed by atoms with Crippen LogP contribution in [-0.2, 0) is 11.4 Å². The van der Waals surface area contributed by atoms with Gasteiger partial charge >= 0.3 is 0 Å². The Kier molecular flexibility index (Phi) is 8.12. The molecule has 168 valence electrons. The number of hydrogen-bond acceptors (Lipinski definition) is 4. The van der Waals surface area contributed by atoms with E-state index in [1.807, 2.05) is 63.2 Å². The smallest absolute Gasteiger partial charge is 0.266 e. The summed E-state index contributed by atoms with van der Waals surface area (Å²) in [6.45, 7) is 6.55. The highest BCUT2D eigenvalue weighted by Crippen LogP contribution is 2.30. The SMILES string of the molecule is CCOc1cc(/C=C(\C#N)C(=O)Nc2ccc(C)cc2C)ccc1OCc1cccc(Cl)c1. The number of rotatable bonds is 8. The van der Waals surface area contributed by atoms with Crippen molar-refractivity contribution < 1.29 is 14.3 Å². The first-order valence-corrected chi connectivity index (χ1v) is 10.9. The molecule has 3 aromatic rings. The van der Waals surface area contributed by atoms with Gasteiger partial charge in [-0.1, -0.05) is 47.5 Å². The first kappa shape index (κ1) is 23.9. The Labute approximate surface area is 199 Å². The van der Waals surface area contributed by atoms with Crippen LogP contribution in [0.15, 0.2) is 66.2 Å². The summed E-state index contributed by atoms with van der Waals surface area (Å²) in [5.41, 5.74) is 4.28. The van der Waals surface area contributed by atoms with Gasteiger partial charge < -0.3 is 14.8 Å². The second-order valence-electron chi connectivity index (χ2n) is 7.50. The minimum atomic E-state index is -0.469. The maximum absolute atomic E-state index is 12.7. The van der Waals surface area contributed by atoms with Crippen molar-refractivity contribution in [1.82, 2.24) is 0 Å². The molecule has 0 bridgehead atoms. The van der Waals surface area contributed by atoms with Crippen LogP contribution in [0.25, 0.3) is 6.08 Å². The lowest BCUT2D eigenvalue weighted by molar-refractivity contribution is -0.112. The summed E-state index contributed by atoms with van der Waals surface area (Å²) in [7, 11) is 0. The van der Waals surface area contributed by atoms with Crippen molar-refractivity contribution in [2.75, 3.05) is 11.9 Å². The Balaban J connectivity index is 1.79. The van der Waals surface area contributed by atoms with Crippen LogP contribution in [0.3, 0.4) is 0 Å². The zero-order valence-electron chi connectivity index (χ0n) is 18.8. The number of ether oxygens (including phenoxy) is 2. The number of nitriles is 1. The van der Waals surface area contributed by atoms with E-state index in [0.717, 1.165) is 16.7 Å². The molecule has 1 N–H and O–H groups in total. The maximum atomic E-state index is 12.7. The van der Waals surface area contributed by atoms with Gasteiger partial charge in [0.25, 0.3) is 5.91 Å². The fraction of sp³-hybridized carbons (Fsp3) is 0.185. The number of nitrogens with zero attached hydrogens (tertiary/aromatic N) is 1. The molecule has 0 aliphatic carbocycles. The Morgan fingerprint density at radius 2 is 1.88 bits per heavy atom. The third-order valence-corrected chi connectivity index (χ3v) is 5.09. The molecular formula is C27H25ClN2O3. The fourth-order valence-electron chi connectivity index (χ4n) is 3.25. The summed E-state index contributed by atoms with van der Waals surface area (Å²) < 4.78 is 11.6. The highest BCUT2D eigenvalue weighted by atomic mass is 35.5. The second kappa shape index (κ2) is 11.2. The molecule has 0 aromatic heterocycles. The van der Waals surface area contributed by atoms with Crippen LogP contribution >= 0.6 is 11.6 Å². The van der Waals surface area contributed by atoms with Gasteiger partial charge in [-0.3, -0.25) is 4.79 Å². The number of aryl methyl sites for hydroxylation is 2. The van der Waals surface area contributed by atoms with E-state index in [-0.39, 0.29) is 5.57 Å². The van der Waals surface area contributed by atoms with E-state index >= 15 is 0 Å². The normalized spacial score (nSPS) is 10.9. The van der Waals surface area contributed by atoms with Gasteiger partial charge in [0.15, 0.2) is 11.5 Å². The van der Waals surface area contributed by atoms with Gasteiger partial charge in [0.05, 0.1) is 6.61 Å². The second-order valence-corrected chi connectivity index (χ2v) is 7.94. The Morgan fingerprint density at radius 1 is 1.06 bits per heavy atom. The first-order valence-electron chi connectivity index (χ1n) is 10.5. The number of halogens is 1. The molecule has 0 unspecified atom stereocenters.